The molecule has 12 heteroatoms. The van der Waals surface area contributed by atoms with E-state index in [9.17, 15) is 29.3 Å². The molecule has 0 radical (unpaired) electrons. The second kappa shape index (κ2) is 11.1. The zero-order chi connectivity index (χ0) is 24.7. The second-order valence-corrected chi connectivity index (χ2v) is 8.87. The maximum atomic E-state index is 12.5. The molecule has 1 saturated heterocycles. The first-order chi connectivity index (χ1) is 14.7. The van der Waals surface area contributed by atoms with E-state index in [2.05, 4.69) is 5.32 Å². The summed E-state index contributed by atoms with van der Waals surface area (Å²) < 4.78 is 14.7. The van der Waals surface area contributed by atoms with E-state index in [1.54, 1.807) is 20.8 Å². The Bertz CT molecular complexity index is 724. The molecule has 2 atom stereocenters. The minimum absolute atomic E-state index is 0.0511. The van der Waals surface area contributed by atoms with Gasteiger partial charge in [0.15, 0.2) is 0 Å². The van der Waals surface area contributed by atoms with Gasteiger partial charge in [0.25, 0.3) is 0 Å². The summed E-state index contributed by atoms with van der Waals surface area (Å²) in [7, 11) is 2.26. The Morgan fingerprint density at radius 3 is 2.03 bits per heavy atom. The molecule has 0 saturated carbocycles. The third-order valence-corrected chi connectivity index (χ3v) is 5.38. The fourth-order valence-electron chi connectivity index (χ4n) is 3.68. The smallest absolute Gasteiger partial charge is 0.408 e. The van der Waals surface area contributed by atoms with E-state index in [-0.39, 0.29) is 44.7 Å². The number of nitrogens with zero attached hydrogens (tertiary/aromatic N) is 2. The number of methoxy groups -OCH3 is 2. The number of piperidine rings is 1. The molecule has 1 aliphatic heterocycles. The number of carbonyl (C=O) groups excluding carboxylic acids is 4. The van der Waals surface area contributed by atoms with E-state index < -0.39 is 46.1 Å². The minimum Gasteiger partial charge on any atom is -0.469 e. The Balaban J connectivity index is 3.09. The van der Waals surface area contributed by atoms with Crippen molar-refractivity contribution in [2.45, 2.75) is 70.6 Å². The number of carbonyl (C=O) groups is 4. The van der Waals surface area contributed by atoms with Gasteiger partial charge in [0.2, 0.25) is 11.4 Å². The maximum absolute atomic E-state index is 12.5. The second-order valence-electron chi connectivity index (χ2n) is 8.87. The van der Waals surface area contributed by atoms with E-state index in [0.29, 0.717) is 0 Å². The van der Waals surface area contributed by atoms with Gasteiger partial charge in [-0.3, -0.25) is 19.7 Å². The Morgan fingerprint density at radius 2 is 1.62 bits per heavy atom. The first kappa shape index (κ1) is 27.1. The van der Waals surface area contributed by atoms with Crippen molar-refractivity contribution < 1.29 is 38.3 Å². The number of esters is 2. The molecule has 0 bridgehead atoms. The van der Waals surface area contributed by atoms with Crippen LogP contribution >= 0.6 is 0 Å². The summed E-state index contributed by atoms with van der Waals surface area (Å²) >= 11 is 0. The van der Waals surface area contributed by atoms with Gasteiger partial charge in [-0.2, -0.15) is 0 Å². The van der Waals surface area contributed by atoms with E-state index in [1.807, 2.05) is 0 Å². The molecule has 1 heterocycles. The van der Waals surface area contributed by atoms with Crippen LogP contribution in [0.3, 0.4) is 0 Å². The van der Waals surface area contributed by atoms with Gasteiger partial charge in [0, 0.05) is 44.2 Å². The Morgan fingerprint density at radius 1 is 1.09 bits per heavy atom. The van der Waals surface area contributed by atoms with Crippen LogP contribution in [0.25, 0.3) is 0 Å². The molecule has 2 amide bonds. The summed E-state index contributed by atoms with van der Waals surface area (Å²) in [6, 6.07) is -1.28. The summed E-state index contributed by atoms with van der Waals surface area (Å²) in [5, 5.41) is 14.3. The monoisotopic (exact) mass is 459 g/mol. The molecule has 32 heavy (non-hydrogen) atoms. The lowest BCUT2D eigenvalue weighted by atomic mass is 9.78. The summed E-state index contributed by atoms with van der Waals surface area (Å²) in [6.07, 6.45) is -1.28. The highest BCUT2D eigenvalue weighted by atomic mass is 16.6. The normalized spacial score (nSPS) is 17.5. The zero-order valence-corrected chi connectivity index (χ0v) is 19.5. The quantitative estimate of drug-likeness (QED) is 0.244. The molecule has 0 aromatic rings. The topological polar surface area (TPSA) is 154 Å². The van der Waals surface area contributed by atoms with Crippen LogP contribution in [0.4, 0.5) is 4.79 Å². The summed E-state index contributed by atoms with van der Waals surface area (Å²) in [6.45, 7) is 6.68. The number of amides is 2. The standard InChI is InChI=1S/C20H33N3O9/c1-13(24)22-9-7-20(8-10-22,23(28)29)12-14(16(25)30-5)11-15(17(26)31-6)21-18(27)32-19(2,3)4/h14-15H,7-12H2,1-6H3,(H,21,27). The van der Waals surface area contributed by atoms with Crippen LogP contribution in [-0.2, 0) is 28.6 Å². The maximum Gasteiger partial charge on any atom is 0.408 e. The van der Waals surface area contributed by atoms with Crippen molar-refractivity contribution in [3.63, 3.8) is 0 Å². The average molecular weight is 459 g/mol. The van der Waals surface area contributed by atoms with Crippen molar-refractivity contribution in [3.05, 3.63) is 10.1 Å². The molecular formula is C20H33N3O9. The molecule has 182 valence electrons. The molecule has 1 N–H and O–H groups in total. The van der Waals surface area contributed by atoms with Crippen LogP contribution in [0, 0.1) is 16.0 Å². The molecule has 0 aromatic carbocycles. The summed E-state index contributed by atoms with van der Waals surface area (Å²) in [5.41, 5.74) is -2.30. The van der Waals surface area contributed by atoms with Gasteiger partial charge in [-0.1, -0.05) is 0 Å². The van der Waals surface area contributed by atoms with Gasteiger partial charge < -0.3 is 24.4 Å². The first-order valence-corrected chi connectivity index (χ1v) is 10.3. The number of hydrogen-bond acceptors (Lipinski definition) is 9. The van der Waals surface area contributed by atoms with Crippen molar-refractivity contribution in [2.24, 2.45) is 5.92 Å². The summed E-state index contributed by atoms with van der Waals surface area (Å²) in [4.78, 5) is 61.6. The van der Waals surface area contributed by atoms with Gasteiger partial charge in [-0.25, -0.2) is 9.59 Å². The van der Waals surface area contributed by atoms with Crippen molar-refractivity contribution in [1.82, 2.24) is 10.2 Å². The fraction of sp³-hybridized carbons (Fsp3) is 0.800. The van der Waals surface area contributed by atoms with Crippen LogP contribution in [0.2, 0.25) is 0 Å². The van der Waals surface area contributed by atoms with Crippen LogP contribution < -0.4 is 5.32 Å². The molecule has 1 fully saturated rings. The SMILES string of the molecule is COC(=O)C(CC(NC(=O)OC(C)(C)C)C(=O)OC)CC1([N+](=O)[O-])CCN(C(C)=O)CC1. The predicted octanol–water partition coefficient (Wildman–Crippen LogP) is 1.28. The van der Waals surface area contributed by atoms with Gasteiger partial charge in [0.1, 0.15) is 11.6 Å². The van der Waals surface area contributed by atoms with Crippen molar-refractivity contribution in [3.8, 4) is 0 Å². The number of rotatable bonds is 8. The van der Waals surface area contributed by atoms with Crippen molar-refractivity contribution >= 4 is 23.9 Å². The van der Waals surface area contributed by atoms with Crippen LogP contribution in [0.1, 0.15) is 53.4 Å². The highest BCUT2D eigenvalue weighted by Gasteiger charge is 2.49. The number of hydrogen-bond donors (Lipinski definition) is 1. The molecule has 0 spiro atoms. The van der Waals surface area contributed by atoms with Crippen LogP contribution in [0.15, 0.2) is 0 Å². The summed E-state index contributed by atoms with van der Waals surface area (Å²) in [5.74, 6) is -2.83. The fourth-order valence-corrected chi connectivity index (χ4v) is 3.68. The predicted molar refractivity (Wildman–Crippen MR) is 111 cm³/mol. The molecule has 1 aliphatic rings. The Hall–Kier alpha value is -2.92. The number of ether oxygens (including phenoxy) is 3. The molecular weight excluding hydrogens is 426 g/mol. The van der Waals surface area contributed by atoms with Gasteiger partial charge in [-0.15, -0.1) is 0 Å². The minimum atomic E-state index is -1.47. The highest BCUT2D eigenvalue weighted by Crippen LogP contribution is 2.34. The largest absolute Gasteiger partial charge is 0.469 e. The lowest BCUT2D eigenvalue weighted by Crippen LogP contribution is -2.53. The molecule has 1 rings (SSSR count). The number of alkyl carbamates (subject to hydrolysis) is 1. The first-order valence-electron chi connectivity index (χ1n) is 10.3. The van der Waals surface area contributed by atoms with Gasteiger partial charge >= 0.3 is 18.0 Å². The highest BCUT2D eigenvalue weighted by molar-refractivity contribution is 5.82. The van der Waals surface area contributed by atoms with Crippen molar-refractivity contribution in [1.29, 1.82) is 0 Å². The van der Waals surface area contributed by atoms with E-state index in [1.165, 1.54) is 11.8 Å². The van der Waals surface area contributed by atoms with Gasteiger partial charge in [-0.05, 0) is 27.2 Å². The Labute approximate surface area is 187 Å². The number of nitro groups is 1. The Kier molecular flexibility index (Phi) is 9.40. The van der Waals surface area contributed by atoms with E-state index in [0.717, 1.165) is 14.2 Å². The van der Waals surface area contributed by atoms with Crippen LogP contribution in [0.5, 0.6) is 0 Å². The number of likely N-dealkylation sites (tertiary alicyclic amines) is 1. The lowest BCUT2D eigenvalue weighted by Gasteiger charge is -2.37. The third kappa shape index (κ3) is 7.65. The molecule has 0 aliphatic carbocycles. The average Bonchev–Trinajstić information content (AvgIpc) is 2.70. The van der Waals surface area contributed by atoms with Crippen molar-refractivity contribution in [2.75, 3.05) is 27.3 Å². The third-order valence-electron chi connectivity index (χ3n) is 5.38. The number of nitrogens with one attached hydrogen (secondary N) is 1. The van der Waals surface area contributed by atoms with E-state index >= 15 is 0 Å². The van der Waals surface area contributed by atoms with Crippen LogP contribution in [-0.4, -0.2) is 78.3 Å². The zero-order valence-electron chi connectivity index (χ0n) is 19.5. The molecule has 0 aromatic heterocycles. The van der Waals surface area contributed by atoms with Gasteiger partial charge in [0.05, 0.1) is 20.1 Å². The lowest BCUT2D eigenvalue weighted by molar-refractivity contribution is -0.577. The molecule has 12 nitrogen and oxygen atoms in total. The van der Waals surface area contributed by atoms with E-state index in [4.69, 9.17) is 14.2 Å². The molecule has 2 unspecified atom stereocenters.